The van der Waals surface area contributed by atoms with Gasteiger partial charge in [0.2, 0.25) is 0 Å². The van der Waals surface area contributed by atoms with Crippen molar-refractivity contribution in [2.24, 2.45) is 0 Å². The molecule has 0 heterocycles. The lowest BCUT2D eigenvalue weighted by Crippen LogP contribution is -2.11. The van der Waals surface area contributed by atoms with E-state index in [0.29, 0.717) is 4.47 Å². The first-order chi connectivity index (χ1) is 5.41. The second-order valence-corrected chi connectivity index (χ2v) is 4.01. The minimum atomic E-state index is -1.62. The van der Waals surface area contributed by atoms with Gasteiger partial charge in [0.15, 0.2) is 0 Å². The summed E-state index contributed by atoms with van der Waals surface area (Å²) in [5.74, 6) is -0.517. The highest BCUT2D eigenvalue weighted by Crippen LogP contribution is 2.28. The zero-order chi connectivity index (χ0) is 9.35. The third-order valence-electron chi connectivity index (χ3n) is 1.57. The Hall–Kier alpha value is -0.440. The summed E-state index contributed by atoms with van der Waals surface area (Å²) in [6, 6.07) is 4.33. The van der Waals surface area contributed by atoms with Gasteiger partial charge in [-0.3, -0.25) is 0 Å². The predicted molar refractivity (Wildman–Crippen MR) is 48.2 cm³/mol. The summed E-state index contributed by atoms with van der Waals surface area (Å²) in [4.78, 5) is 0. The average Bonchev–Trinajstić information content (AvgIpc) is 1.83. The smallest absolute Gasteiger partial charge is 0.133 e. The van der Waals surface area contributed by atoms with Gasteiger partial charge in [0, 0.05) is 10.0 Å². The van der Waals surface area contributed by atoms with E-state index in [1.54, 1.807) is 6.07 Å². The molecule has 0 radical (unpaired) electrons. The van der Waals surface area contributed by atoms with Crippen LogP contribution in [0.2, 0.25) is 0 Å². The maximum Gasteiger partial charge on any atom is 0.133 e. The number of benzene rings is 1. The molecular weight excluding hydrogens is 226 g/mol. The van der Waals surface area contributed by atoms with Crippen LogP contribution >= 0.6 is 15.9 Å². The molecule has 1 aromatic carbocycles. The molecule has 1 rings (SSSR count). The Kier molecular flexibility index (Phi) is 2.52. The zero-order valence-corrected chi connectivity index (χ0v) is 8.45. The number of alkyl halides is 1. The quantitative estimate of drug-likeness (QED) is 0.694. The van der Waals surface area contributed by atoms with E-state index in [4.69, 9.17) is 0 Å². The molecular formula is C9H9BrF2. The molecule has 0 unspecified atom stereocenters. The van der Waals surface area contributed by atoms with Crippen molar-refractivity contribution in [1.82, 2.24) is 0 Å². The fourth-order valence-electron chi connectivity index (χ4n) is 0.972. The van der Waals surface area contributed by atoms with Crippen molar-refractivity contribution in [3.63, 3.8) is 0 Å². The van der Waals surface area contributed by atoms with Crippen molar-refractivity contribution in [1.29, 1.82) is 0 Å². The van der Waals surface area contributed by atoms with Crippen LogP contribution < -0.4 is 0 Å². The number of hydrogen-bond donors (Lipinski definition) is 0. The Morgan fingerprint density at radius 1 is 1.33 bits per heavy atom. The van der Waals surface area contributed by atoms with Crippen LogP contribution in [-0.2, 0) is 5.67 Å². The molecule has 0 spiro atoms. The topological polar surface area (TPSA) is 0 Å². The van der Waals surface area contributed by atoms with Gasteiger partial charge < -0.3 is 0 Å². The molecule has 0 aliphatic rings. The SMILES string of the molecule is CC(C)(F)c1ccc(Br)cc1F. The van der Waals surface area contributed by atoms with E-state index in [1.165, 1.54) is 26.0 Å². The third-order valence-corrected chi connectivity index (χ3v) is 2.06. The Morgan fingerprint density at radius 3 is 2.33 bits per heavy atom. The molecule has 0 fully saturated rings. The van der Waals surface area contributed by atoms with Crippen molar-refractivity contribution in [3.05, 3.63) is 34.1 Å². The average molecular weight is 235 g/mol. The largest absolute Gasteiger partial charge is 0.239 e. The number of halogens is 3. The third kappa shape index (κ3) is 2.03. The summed E-state index contributed by atoms with van der Waals surface area (Å²) < 4.78 is 27.0. The normalized spacial score (nSPS) is 11.8. The van der Waals surface area contributed by atoms with Gasteiger partial charge in [-0.05, 0) is 26.0 Å². The molecule has 66 valence electrons. The summed E-state index contributed by atoms with van der Waals surface area (Å²) in [5, 5.41) is 0. The fraction of sp³-hybridized carbons (Fsp3) is 0.333. The van der Waals surface area contributed by atoms with E-state index in [0.717, 1.165) is 0 Å². The van der Waals surface area contributed by atoms with E-state index in [-0.39, 0.29) is 5.56 Å². The van der Waals surface area contributed by atoms with E-state index in [9.17, 15) is 8.78 Å². The summed E-state index contributed by atoms with van der Waals surface area (Å²) in [6.07, 6.45) is 0. The lowest BCUT2D eigenvalue weighted by Gasteiger charge is -2.15. The van der Waals surface area contributed by atoms with E-state index < -0.39 is 11.5 Å². The lowest BCUT2D eigenvalue weighted by molar-refractivity contribution is 0.214. The first kappa shape index (κ1) is 9.65. The predicted octanol–water partition coefficient (Wildman–Crippen LogP) is 3.79. The van der Waals surface area contributed by atoms with Gasteiger partial charge in [-0.2, -0.15) is 0 Å². The summed E-state index contributed by atoms with van der Waals surface area (Å²) in [5.41, 5.74) is -1.53. The van der Waals surface area contributed by atoms with Crippen molar-refractivity contribution >= 4 is 15.9 Å². The van der Waals surface area contributed by atoms with Crippen LogP contribution in [0.1, 0.15) is 19.4 Å². The van der Waals surface area contributed by atoms with E-state index in [2.05, 4.69) is 15.9 Å². The molecule has 3 heteroatoms. The summed E-state index contributed by atoms with van der Waals surface area (Å²) >= 11 is 3.10. The van der Waals surface area contributed by atoms with Crippen LogP contribution in [0.25, 0.3) is 0 Å². The fourth-order valence-corrected chi connectivity index (χ4v) is 1.30. The Bertz CT molecular complexity index is 289. The van der Waals surface area contributed by atoms with Gasteiger partial charge in [0.25, 0.3) is 0 Å². The second kappa shape index (κ2) is 3.13. The molecule has 0 bridgehead atoms. The van der Waals surface area contributed by atoms with Gasteiger partial charge >= 0.3 is 0 Å². The molecule has 0 aromatic heterocycles. The monoisotopic (exact) mass is 234 g/mol. The molecule has 12 heavy (non-hydrogen) atoms. The summed E-state index contributed by atoms with van der Waals surface area (Å²) in [6.45, 7) is 2.67. The minimum absolute atomic E-state index is 0.0886. The Morgan fingerprint density at radius 2 is 1.92 bits per heavy atom. The molecule has 0 atom stereocenters. The molecule has 0 saturated heterocycles. The van der Waals surface area contributed by atoms with Crippen LogP contribution in [0.3, 0.4) is 0 Å². The minimum Gasteiger partial charge on any atom is -0.239 e. The van der Waals surface area contributed by atoms with Crippen LogP contribution in [0.4, 0.5) is 8.78 Å². The molecule has 0 aliphatic heterocycles. The van der Waals surface area contributed by atoms with Crippen molar-refractivity contribution in [2.75, 3.05) is 0 Å². The molecule has 0 amide bonds. The lowest BCUT2D eigenvalue weighted by atomic mass is 10.00. The van der Waals surface area contributed by atoms with Crippen LogP contribution in [0.15, 0.2) is 22.7 Å². The number of rotatable bonds is 1. The van der Waals surface area contributed by atoms with Gasteiger partial charge in [-0.1, -0.05) is 22.0 Å². The van der Waals surface area contributed by atoms with E-state index in [1.807, 2.05) is 0 Å². The first-order valence-corrected chi connectivity index (χ1v) is 4.35. The van der Waals surface area contributed by atoms with Gasteiger partial charge in [-0.25, -0.2) is 8.78 Å². The van der Waals surface area contributed by atoms with Gasteiger partial charge in [0.1, 0.15) is 11.5 Å². The van der Waals surface area contributed by atoms with Crippen molar-refractivity contribution in [2.45, 2.75) is 19.5 Å². The van der Waals surface area contributed by atoms with E-state index >= 15 is 0 Å². The van der Waals surface area contributed by atoms with Crippen molar-refractivity contribution in [3.8, 4) is 0 Å². The van der Waals surface area contributed by atoms with Gasteiger partial charge in [-0.15, -0.1) is 0 Å². The maximum absolute atomic E-state index is 13.3. The molecule has 0 nitrogen and oxygen atoms in total. The maximum atomic E-state index is 13.3. The second-order valence-electron chi connectivity index (χ2n) is 3.10. The highest BCUT2D eigenvalue weighted by atomic mass is 79.9. The number of hydrogen-bond acceptors (Lipinski definition) is 0. The molecule has 0 saturated carbocycles. The summed E-state index contributed by atoms with van der Waals surface area (Å²) in [7, 11) is 0. The molecule has 0 aliphatic carbocycles. The molecule has 1 aromatic rings. The highest BCUT2D eigenvalue weighted by molar-refractivity contribution is 9.10. The Labute approximate surface area is 78.7 Å². The van der Waals surface area contributed by atoms with Crippen LogP contribution in [0.5, 0.6) is 0 Å². The van der Waals surface area contributed by atoms with Gasteiger partial charge in [0.05, 0.1) is 0 Å². The molecule has 0 N–H and O–H groups in total. The van der Waals surface area contributed by atoms with Crippen molar-refractivity contribution < 1.29 is 8.78 Å². The highest BCUT2D eigenvalue weighted by Gasteiger charge is 2.22. The Balaban J connectivity index is 3.19. The standard InChI is InChI=1S/C9H9BrF2/c1-9(2,12)7-4-3-6(10)5-8(7)11/h3-5H,1-2H3. The van der Waals surface area contributed by atoms with Crippen LogP contribution in [-0.4, -0.2) is 0 Å². The van der Waals surface area contributed by atoms with Crippen LogP contribution in [0, 0.1) is 5.82 Å². The first-order valence-electron chi connectivity index (χ1n) is 3.55. The zero-order valence-electron chi connectivity index (χ0n) is 6.87.